The van der Waals surface area contributed by atoms with Gasteiger partial charge >= 0.3 is 6.18 Å². The van der Waals surface area contributed by atoms with Crippen LogP contribution in [0.15, 0.2) is 206 Å². The summed E-state index contributed by atoms with van der Waals surface area (Å²) in [4.78, 5) is 4.62. The minimum Gasteiger partial charge on any atom is -0.309 e. The molecular weight excluding hydrogens is 1010 g/mol. The van der Waals surface area contributed by atoms with Crippen LogP contribution in [-0.2, 0) is 17.0 Å². The van der Waals surface area contributed by atoms with Crippen molar-refractivity contribution in [3.8, 4) is 11.1 Å². The highest BCUT2D eigenvalue weighted by atomic mass is 32.1. The van der Waals surface area contributed by atoms with Gasteiger partial charge in [-0.1, -0.05) is 181 Å². The van der Waals surface area contributed by atoms with Crippen LogP contribution in [0.2, 0.25) is 0 Å². The Kier molecular flexibility index (Phi) is 11.3. The molecule has 2 nitrogen and oxygen atoms in total. The molecule has 0 aliphatic heterocycles. The van der Waals surface area contributed by atoms with E-state index in [9.17, 15) is 13.2 Å². The summed E-state index contributed by atoms with van der Waals surface area (Å²) in [6.07, 6.45) is -4.49. The molecule has 2 aromatic heterocycles. The van der Waals surface area contributed by atoms with Gasteiger partial charge < -0.3 is 9.80 Å². The molecular formula is C72H57F3N2S2. The van der Waals surface area contributed by atoms with E-state index in [4.69, 9.17) is 0 Å². The maximum absolute atomic E-state index is 14.4. The van der Waals surface area contributed by atoms with Gasteiger partial charge in [-0.05, 0) is 147 Å². The number of rotatable bonds is 8. The fourth-order valence-corrected chi connectivity index (χ4v) is 16.4. The number of fused-ring (bicyclic) bond motifs is 15. The van der Waals surface area contributed by atoms with E-state index in [-0.39, 0.29) is 5.41 Å². The number of thiophene rings is 2. The number of benzene rings is 10. The zero-order valence-electron chi connectivity index (χ0n) is 45.1. The molecule has 0 fully saturated rings. The molecule has 388 valence electrons. The SMILES string of the molecule is Cc1ccc(N(c2ccc3c(c2)-c2cc(N(c4ccc(C(F)(F)F)cc4)c4cccc5c4sc4c(C(C)C)cccc45)ccc2C32c3ccccc3C(C)(C)c3ccccc32)c2cccc3c2sc2c(C(C)C)cccc23)cc1. The van der Waals surface area contributed by atoms with E-state index >= 15 is 0 Å². The molecule has 0 saturated heterocycles. The predicted molar refractivity (Wildman–Crippen MR) is 329 cm³/mol. The third-order valence-corrected chi connectivity index (χ3v) is 19.8. The van der Waals surface area contributed by atoms with E-state index in [0.29, 0.717) is 17.5 Å². The first-order valence-electron chi connectivity index (χ1n) is 27.4. The molecule has 0 radical (unpaired) electrons. The van der Waals surface area contributed by atoms with Gasteiger partial charge in [0.1, 0.15) is 0 Å². The maximum Gasteiger partial charge on any atom is 0.416 e. The molecule has 0 amide bonds. The first kappa shape index (κ1) is 49.3. The topological polar surface area (TPSA) is 6.48 Å². The molecule has 0 unspecified atom stereocenters. The molecule has 0 saturated carbocycles. The Bertz CT molecular complexity index is 4370. The summed E-state index contributed by atoms with van der Waals surface area (Å²) in [6, 6.07) is 72.9. The van der Waals surface area contributed by atoms with Gasteiger partial charge in [0.25, 0.3) is 0 Å². The van der Waals surface area contributed by atoms with Gasteiger partial charge in [0.2, 0.25) is 0 Å². The van der Waals surface area contributed by atoms with Crippen molar-refractivity contribution in [2.45, 2.75) is 77.3 Å². The lowest BCUT2D eigenvalue weighted by Crippen LogP contribution is -2.40. The van der Waals surface area contributed by atoms with Gasteiger partial charge in [-0.2, -0.15) is 13.2 Å². The first-order chi connectivity index (χ1) is 38.1. The smallest absolute Gasteiger partial charge is 0.309 e. The van der Waals surface area contributed by atoms with E-state index in [0.717, 1.165) is 49.6 Å². The van der Waals surface area contributed by atoms with E-state index < -0.39 is 17.2 Å². The fourth-order valence-electron chi connectivity index (χ4n) is 13.4. The molecule has 0 N–H and O–H groups in total. The lowest BCUT2D eigenvalue weighted by atomic mass is 9.55. The van der Waals surface area contributed by atoms with E-state index in [1.54, 1.807) is 23.5 Å². The number of hydrogen-bond donors (Lipinski definition) is 0. The van der Waals surface area contributed by atoms with Crippen LogP contribution in [0, 0.1) is 6.92 Å². The highest BCUT2D eigenvalue weighted by Gasteiger charge is 2.53. The predicted octanol–water partition coefficient (Wildman–Crippen LogP) is 21.9. The van der Waals surface area contributed by atoms with Gasteiger partial charge in [-0.3, -0.25) is 0 Å². The lowest BCUT2D eigenvalue weighted by molar-refractivity contribution is -0.137. The van der Waals surface area contributed by atoms with Crippen LogP contribution in [0.5, 0.6) is 0 Å². The minimum absolute atomic E-state index is 0.292. The molecule has 2 aliphatic carbocycles. The summed E-state index contributed by atoms with van der Waals surface area (Å²) in [5.74, 6) is 0.673. The van der Waals surface area contributed by atoms with Crippen LogP contribution < -0.4 is 9.80 Å². The summed E-state index contributed by atoms with van der Waals surface area (Å²) >= 11 is 3.64. The van der Waals surface area contributed by atoms with Crippen LogP contribution in [0.3, 0.4) is 0 Å². The van der Waals surface area contributed by atoms with Gasteiger partial charge in [0, 0.05) is 59.1 Å². The Morgan fingerprint density at radius 1 is 0.392 bits per heavy atom. The average Bonchev–Trinajstić information content (AvgIpc) is 4.19. The summed E-state index contributed by atoms with van der Waals surface area (Å²) in [5, 5.41) is 4.81. The van der Waals surface area contributed by atoms with Crippen LogP contribution in [0.1, 0.15) is 109 Å². The largest absolute Gasteiger partial charge is 0.416 e. The average molecular weight is 1070 g/mol. The second kappa shape index (κ2) is 18.0. The Hall–Kier alpha value is -7.97. The minimum atomic E-state index is -4.49. The van der Waals surface area contributed by atoms with Crippen LogP contribution >= 0.6 is 22.7 Å². The third kappa shape index (κ3) is 7.35. The monoisotopic (exact) mass is 1070 g/mol. The van der Waals surface area contributed by atoms with E-state index in [1.807, 2.05) is 11.3 Å². The summed E-state index contributed by atoms with van der Waals surface area (Å²) in [6.45, 7) is 15.8. The van der Waals surface area contributed by atoms with Crippen molar-refractivity contribution in [1.82, 2.24) is 0 Å². The number of nitrogens with zero attached hydrogens (tertiary/aromatic N) is 2. The molecule has 0 atom stereocenters. The first-order valence-corrected chi connectivity index (χ1v) is 29.0. The van der Waals surface area contributed by atoms with Crippen molar-refractivity contribution in [2.75, 3.05) is 9.80 Å². The van der Waals surface area contributed by atoms with Crippen molar-refractivity contribution in [1.29, 1.82) is 0 Å². The van der Waals surface area contributed by atoms with Crippen LogP contribution in [-0.4, -0.2) is 0 Å². The number of anilines is 6. The van der Waals surface area contributed by atoms with Gasteiger partial charge in [-0.15, -0.1) is 22.7 Å². The molecule has 7 heteroatoms. The number of hydrogen-bond acceptors (Lipinski definition) is 4. The number of alkyl halides is 3. The molecule has 12 aromatic rings. The quantitative estimate of drug-likeness (QED) is 0.150. The van der Waals surface area contributed by atoms with Crippen molar-refractivity contribution in [3.63, 3.8) is 0 Å². The Balaban J connectivity index is 1.06. The number of aryl methyl sites for hydroxylation is 1. The Morgan fingerprint density at radius 3 is 1.19 bits per heavy atom. The highest BCUT2D eigenvalue weighted by Crippen LogP contribution is 2.64. The molecule has 2 heterocycles. The van der Waals surface area contributed by atoms with E-state index in [2.05, 4.69) is 240 Å². The standard InChI is InChI=1S/C72H57F3N2S2/c1-42(2)50-16-12-18-52-54-20-14-26-64(68(54)78-66(50)52)76(46-32-28-44(5)29-33-46)48-36-38-58-56(40-48)57-41-49(37-39-59(57)71(58)62-24-10-8-22-60(62)70(6,7)61-23-9-11-25-63(61)71)77(47-34-30-45(31-35-47)72(73,74)75)65-27-15-21-55-53-19-13-17-51(43(3)4)67(53)79-69(55)65/h8-43H,1-7H3. The Morgan fingerprint density at radius 2 is 0.772 bits per heavy atom. The molecule has 14 rings (SSSR count). The zero-order valence-corrected chi connectivity index (χ0v) is 46.8. The van der Waals surface area contributed by atoms with Gasteiger partial charge in [0.05, 0.1) is 31.8 Å². The van der Waals surface area contributed by atoms with Crippen molar-refractivity contribution in [3.05, 3.63) is 262 Å². The summed E-state index contributed by atoms with van der Waals surface area (Å²) < 4.78 is 48.1. The summed E-state index contributed by atoms with van der Waals surface area (Å²) in [5.41, 5.74) is 17.3. The Labute approximate surface area is 467 Å². The normalized spacial score (nSPS) is 14.1. The summed E-state index contributed by atoms with van der Waals surface area (Å²) in [7, 11) is 0. The third-order valence-electron chi connectivity index (χ3n) is 17.2. The lowest BCUT2D eigenvalue weighted by Gasteiger charge is -2.46. The van der Waals surface area contributed by atoms with Gasteiger partial charge in [-0.25, -0.2) is 0 Å². The second-order valence-corrected chi connectivity index (χ2v) is 24.8. The molecule has 1 spiro atoms. The molecule has 2 aliphatic rings. The zero-order chi connectivity index (χ0) is 54.3. The van der Waals surface area contributed by atoms with Crippen molar-refractivity contribution in [2.24, 2.45) is 0 Å². The molecule has 0 bridgehead atoms. The number of halogens is 3. The van der Waals surface area contributed by atoms with Crippen molar-refractivity contribution < 1.29 is 13.2 Å². The van der Waals surface area contributed by atoms with Crippen molar-refractivity contribution >= 4 is 97.1 Å². The van der Waals surface area contributed by atoms with Gasteiger partial charge in [0.15, 0.2) is 0 Å². The maximum atomic E-state index is 14.4. The van der Waals surface area contributed by atoms with Crippen LogP contribution in [0.25, 0.3) is 51.5 Å². The second-order valence-electron chi connectivity index (χ2n) is 22.7. The molecule has 10 aromatic carbocycles. The highest BCUT2D eigenvalue weighted by molar-refractivity contribution is 7.27. The molecule has 79 heavy (non-hydrogen) atoms. The van der Waals surface area contributed by atoms with Crippen LogP contribution in [0.4, 0.5) is 47.3 Å². The van der Waals surface area contributed by atoms with E-state index in [1.165, 1.54) is 92.5 Å². The fraction of sp³-hybridized carbons (Fsp3) is 0.167.